The Hall–Kier alpha value is -2.66. The molecular formula is C19H17ClFN3O. The number of rotatable bonds is 4. The summed E-state index contributed by atoms with van der Waals surface area (Å²) in [5, 5.41) is 7.28. The topological polar surface area (TPSA) is 46.9 Å². The zero-order chi connectivity index (χ0) is 18.0. The SMILES string of the molecule is Cc1ccc(C(=O)Nc2cnn(Cc3c(F)cccc3Cl)c2)cc1C. The van der Waals surface area contributed by atoms with Crippen molar-refractivity contribution in [2.24, 2.45) is 0 Å². The van der Waals surface area contributed by atoms with Gasteiger partial charge in [-0.15, -0.1) is 0 Å². The van der Waals surface area contributed by atoms with Gasteiger partial charge in [0.25, 0.3) is 5.91 Å². The van der Waals surface area contributed by atoms with Gasteiger partial charge in [0.1, 0.15) is 5.82 Å². The molecule has 0 spiro atoms. The summed E-state index contributed by atoms with van der Waals surface area (Å²) < 4.78 is 15.4. The molecular weight excluding hydrogens is 341 g/mol. The van der Waals surface area contributed by atoms with E-state index in [0.717, 1.165) is 11.1 Å². The fourth-order valence-corrected chi connectivity index (χ4v) is 2.67. The molecule has 0 bridgehead atoms. The Morgan fingerprint density at radius 2 is 2.04 bits per heavy atom. The number of carbonyl (C=O) groups is 1. The molecule has 0 radical (unpaired) electrons. The highest BCUT2D eigenvalue weighted by Crippen LogP contribution is 2.20. The van der Waals surface area contributed by atoms with Crippen LogP contribution in [0.1, 0.15) is 27.0 Å². The van der Waals surface area contributed by atoms with E-state index in [9.17, 15) is 9.18 Å². The van der Waals surface area contributed by atoms with E-state index in [1.807, 2.05) is 26.0 Å². The first-order valence-corrected chi connectivity index (χ1v) is 8.16. The standard InChI is InChI=1S/C19H17ClFN3O/c1-12-6-7-14(8-13(12)2)19(25)23-15-9-22-24(10-15)11-16-17(20)4-3-5-18(16)21/h3-10H,11H2,1-2H3,(H,23,25). The van der Waals surface area contributed by atoms with Crippen molar-refractivity contribution in [3.05, 3.63) is 81.9 Å². The van der Waals surface area contributed by atoms with Crippen LogP contribution in [0.25, 0.3) is 0 Å². The smallest absolute Gasteiger partial charge is 0.255 e. The van der Waals surface area contributed by atoms with Gasteiger partial charge >= 0.3 is 0 Å². The van der Waals surface area contributed by atoms with Crippen molar-refractivity contribution < 1.29 is 9.18 Å². The first-order chi connectivity index (χ1) is 11.9. The number of halogens is 2. The van der Waals surface area contributed by atoms with Gasteiger partial charge in [-0.3, -0.25) is 9.48 Å². The molecule has 25 heavy (non-hydrogen) atoms. The van der Waals surface area contributed by atoms with Crippen LogP contribution in [-0.2, 0) is 6.54 Å². The second-order valence-electron chi connectivity index (χ2n) is 5.88. The number of hydrogen-bond acceptors (Lipinski definition) is 2. The van der Waals surface area contributed by atoms with Crippen LogP contribution in [0, 0.1) is 19.7 Å². The third-order valence-corrected chi connectivity index (χ3v) is 4.40. The summed E-state index contributed by atoms with van der Waals surface area (Å²) in [4.78, 5) is 12.3. The molecule has 0 unspecified atom stereocenters. The van der Waals surface area contributed by atoms with E-state index in [0.29, 0.717) is 21.8 Å². The molecule has 0 saturated carbocycles. The van der Waals surface area contributed by atoms with E-state index in [4.69, 9.17) is 11.6 Å². The van der Waals surface area contributed by atoms with E-state index in [1.54, 1.807) is 24.4 Å². The van der Waals surface area contributed by atoms with Crippen molar-refractivity contribution in [1.29, 1.82) is 0 Å². The molecule has 1 heterocycles. The lowest BCUT2D eigenvalue weighted by Crippen LogP contribution is -2.11. The van der Waals surface area contributed by atoms with Gasteiger partial charge in [-0.2, -0.15) is 5.10 Å². The van der Waals surface area contributed by atoms with Crippen LogP contribution >= 0.6 is 11.6 Å². The van der Waals surface area contributed by atoms with Gasteiger partial charge in [0.15, 0.2) is 0 Å². The highest BCUT2D eigenvalue weighted by Gasteiger charge is 2.11. The van der Waals surface area contributed by atoms with Gasteiger partial charge in [-0.05, 0) is 49.2 Å². The second kappa shape index (κ2) is 7.07. The molecule has 4 nitrogen and oxygen atoms in total. The van der Waals surface area contributed by atoms with Crippen molar-refractivity contribution >= 4 is 23.2 Å². The Bertz CT molecular complexity index is 916. The molecule has 128 valence electrons. The molecule has 2 aromatic carbocycles. The molecule has 0 atom stereocenters. The third kappa shape index (κ3) is 3.88. The van der Waals surface area contributed by atoms with Crippen LogP contribution in [0.2, 0.25) is 5.02 Å². The minimum atomic E-state index is -0.385. The molecule has 3 rings (SSSR count). The van der Waals surface area contributed by atoms with Crippen LogP contribution in [0.3, 0.4) is 0 Å². The summed E-state index contributed by atoms with van der Waals surface area (Å²) in [5.74, 6) is -0.602. The van der Waals surface area contributed by atoms with Crippen molar-refractivity contribution in [2.45, 2.75) is 20.4 Å². The van der Waals surface area contributed by atoms with Gasteiger partial charge in [-0.25, -0.2) is 4.39 Å². The summed E-state index contributed by atoms with van der Waals surface area (Å²) in [6.07, 6.45) is 3.16. The van der Waals surface area contributed by atoms with Crippen LogP contribution in [0.4, 0.5) is 10.1 Å². The predicted octanol–water partition coefficient (Wildman–Crippen LogP) is 4.59. The summed E-state index contributed by atoms with van der Waals surface area (Å²) in [6, 6.07) is 10.1. The summed E-state index contributed by atoms with van der Waals surface area (Å²) in [5.41, 5.74) is 3.66. The second-order valence-corrected chi connectivity index (χ2v) is 6.29. The zero-order valence-corrected chi connectivity index (χ0v) is 14.6. The molecule has 3 aromatic rings. The molecule has 1 amide bonds. The Kier molecular flexibility index (Phi) is 4.86. The van der Waals surface area contributed by atoms with Gasteiger partial charge in [0.2, 0.25) is 0 Å². The minimum absolute atomic E-state index is 0.186. The van der Waals surface area contributed by atoms with E-state index >= 15 is 0 Å². The molecule has 0 saturated heterocycles. The number of benzene rings is 2. The molecule has 0 fully saturated rings. The largest absolute Gasteiger partial charge is 0.319 e. The number of hydrogen-bond donors (Lipinski definition) is 1. The first kappa shape index (κ1) is 17.2. The number of amides is 1. The van der Waals surface area contributed by atoms with Gasteiger partial charge in [0.05, 0.1) is 18.4 Å². The lowest BCUT2D eigenvalue weighted by Gasteiger charge is -2.06. The zero-order valence-electron chi connectivity index (χ0n) is 13.9. The normalized spacial score (nSPS) is 10.7. The predicted molar refractivity (Wildman–Crippen MR) is 96.6 cm³/mol. The Labute approximate surface area is 150 Å². The first-order valence-electron chi connectivity index (χ1n) is 7.78. The van der Waals surface area contributed by atoms with Gasteiger partial charge in [0, 0.05) is 22.3 Å². The van der Waals surface area contributed by atoms with E-state index < -0.39 is 0 Å². The van der Waals surface area contributed by atoms with Crippen LogP contribution < -0.4 is 5.32 Å². The number of anilines is 1. The molecule has 0 aliphatic heterocycles. The number of aryl methyl sites for hydroxylation is 2. The van der Waals surface area contributed by atoms with Gasteiger partial charge < -0.3 is 5.32 Å². The molecule has 0 aliphatic rings. The van der Waals surface area contributed by atoms with Crippen LogP contribution in [-0.4, -0.2) is 15.7 Å². The summed E-state index contributed by atoms with van der Waals surface area (Å²) in [7, 11) is 0. The molecule has 1 N–H and O–H groups in total. The Morgan fingerprint density at radius 1 is 1.24 bits per heavy atom. The molecule has 0 aliphatic carbocycles. The monoisotopic (exact) mass is 357 g/mol. The van der Waals surface area contributed by atoms with Crippen LogP contribution in [0.15, 0.2) is 48.8 Å². The third-order valence-electron chi connectivity index (χ3n) is 4.04. The molecule has 6 heteroatoms. The number of carbonyl (C=O) groups excluding carboxylic acids is 1. The Balaban J connectivity index is 1.73. The van der Waals surface area contributed by atoms with Crippen molar-refractivity contribution in [3.8, 4) is 0 Å². The molecule has 1 aromatic heterocycles. The maximum atomic E-state index is 13.8. The van der Waals surface area contributed by atoms with E-state index in [2.05, 4.69) is 10.4 Å². The fraction of sp³-hybridized carbons (Fsp3) is 0.158. The maximum absolute atomic E-state index is 13.8. The highest BCUT2D eigenvalue weighted by molar-refractivity contribution is 6.31. The number of aromatic nitrogens is 2. The van der Waals surface area contributed by atoms with E-state index in [-0.39, 0.29) is 18.3 Å². The summed E-state index contributed by atoms with van der Waals surface area (Å²) >= 11 is 6.03. The number of nitrogens with zero attached hydrogens (tertiary/aromatic N) is 2. The lowest BCUT2D eigenvalue weighted by atomic mass is 10.1. The van der Waals surface area contributed by atoms with E-state index in [1.165, 1.54) is 16.9 Å². The van der Waals surface area contributed by atoms with Crippen LogP contribution in [0.5, 0.6) is 0 Å². The van der Waals surface area contributed by atoms with Gasteiger partial charge in [-0.1, -0.05) is 23.7 Å². The summed E-state index contributed by atoms with van der Waals surface area (Å²) in [6.45, 7) is 4.14. The quantitative estimate of drug-likeness (QED) is 0.742. The maximum Gasteiger partial charge on any atom is 0.255 e. The van der Waals surface area contributed by atoms with Crippen molar-refractivity contribution in [2.75, 3.05) is 5.32 Å². The average Bonchev–Trinajstić information content (AvgIpc) is 3.01. The lowest BCUT2D eigenvalue weighted by molar-refractivity contribution is 0.102. The van der Waals surface area contributed by atoms with Crippen molar-refractivity contribution in [1.82, 2.24) is 9.78 Å². The number of nitrogens with one attached hydrogen (secondary N) is 1. The minimum Gasteiger partial charge on any atom is -0.319 e. The highest BCUT2D eigenvalue weighted by atomic mass is 35.5. The van der Waals surface area contributed by atoms with Crippen molar-refractivity contribution in [3.63, 3.8) is 0 Å². The Morgan fingerprint density at radius 3 is 2.76 bits per heavy atom. The fourth-order valence-electron chi connectivity index (χ4n) is 2.45. The average molecular weight is 358 g/mol.